The zero-order valence-corrected chi connectivity index (χ0v) is 5.86. The van der Waals surface area contributed by atoms with Gasteiger partial charge in [-0.05, 0) is 11.8 Å². The quantitative estimate of drug-likeness (QED) is 0.509. The van der Waals surface area contributed by atoms with Crippen LogP contribution in [0.15, 0.2) is 0 Å². The van der Waals surface area contributed by atoms with Crippen LogP contribution in [0, 0.1) is 16.7 Å². The van der Waals surface area contributed by atoms with Gasteiger partial charge < -0.3 is 0 Å². The van der Waals surface area contributed by atoms with Crippen LogP contribution in [0.3, 0.4) is 0 Å². The molecule has 0 aliphatic carbocycles. The van der Waals surface area contributed by atoms with Crippen molar-refractivity contribution in [2.45, 2.75) is 33.6 Å². The van der Waals surface area contributed by atoms with Crippen LogP contribution in [0.2, 0.25) is 0 Å². The molecule has 1 nitrogen and oxygen atoms in total. The summed E-state index contributed by atoms with van der Waals surface area (Å²) in [4.78, 5) is 0. The summed E-state index contributed by atoms with van der Waals surface area (Å²) in [7, 11) is 0. The Kier molecular flexibility index (Phi) is 2.54. The molecule has 0 aromatic carbocycles. The summed E-state index contributed by atoms with van der Waals surface area (Å²) in [5.41, 5.74) is 0.329. The Morgan fingerprint density at radius 3 is 2.00 bits per heavy atom. The zero-order valence-electron chi connectivity index (χ0n) is 5.86. The summed E-state index contributed by atoms with van der Waals surface area (Å²) in [6.07, 6.45) is 1.69. The molecule has 0 radical (unpaired) electrons. The van der Waals surface area contributed by atoms with Gasteiger partial charge in [-0.25, -0.2) is 0 Å². The number of nitrogens with zero attached hydrogens (tertiary/aromatic N) is 1. The summed E-state index contributed by atoms with van der Waals surface area (Å²) in [6.45, 7) is 6.43. The van der Waals surface area contributed by atoms with Gasteiger partial charge >= 0.3 is 0 Å². The van der Waals surface area contributed by atoms with E-state index in [-0.39, 0.29) is 0 Å². The van der Waals surface area contributed by atoms with Crippen LogP contribution >= 0.6 is 0 Å². The first-order chi connectivity index (χ1) is 3.56. The Balaban J connectivity index is 3.28. The summed E-state index contributed by atoms with van der Waals surface area (Å²) in [6, 6.07) is 2.12. The van der Waals surface area contributed by atoms with E-state index in [1.807, 2.05) is 0 Å². The lowest BCUT2D eigenvalue weighted by atomic mass is 9.91. The van der Waals surface area contributed by atoms with Gasteiger partial charge in [0.25, 0.3) is 0 Å². The highest BCUT2D eigenvalue weighted by Gasteiger charge is 2.07. The van der Waals surface area contributed by atoms with Crippen LogP contribution in [-0.2, 0) is 0 Å². The molecule has 0 N–H and O–H groups in total. The van der Waals surface area contributed by atoms with E-state index in [2.05, 4.69) is 26.8 Å². The summed E-state index contributed by atoms with van der Waals surface area (Å²) < 4.78 is 0. The van der Waals surface area contributed by atoms with E-state index in [1.165, 1.54) is 0 Å². The molecule has 1 heteroatoms. The molecule has 8 heavy (non-hydrogen) atoms. The Labute approximate surface area is 51.3 Å². The zero-order chi connectivity index (χ0) is 6.62. The molecular formula is C7H13N. The fourth-order valence-electron chi connectivity index (χ4n) is 0.431. The minimum Gasteiger partial charge on any atom is -0.198 e. The van der Waals surface area contributed by atoms with Crippen molar-refractivity contribution in [3.8, 4) is 6.07 Å². The lowest BCUT2D eigenvalue weighted by Gasteiger charge is -2.14. The fourth-order valence-corrected chi connectivity index (χ4v) is 0.431. The third-order valence-electron chi connectivity index (χ3n) is 0.987. The summed E-state index contributed by atoms with van der Waals surface area (Å²) in [5, 5.41) is 8.18. The van der Waals surface area contributed by atoms with Crippen molar-refractivity contribution < 1.29 is 0 Å². The van der Waals surface area contributed by atoms with E-state index >= 15 is 0 Å². The highest BCUT2D eigenvalue weighted by molar-refractivity contribution is 4.73. The summed E-state index contributed by atoms with van der Waals surface area (Å²) in [5.74, 6) is 0. The Morgan fingerprint density at radius 2 is 1.88 bits per heavy atom. The first-order valence-electron chi connectivity index (χ1n) is 2.93. The molecule has 0 saturated heterocycles. The predicted octanol–water partition coefficient (Wildman–Crippen LogP) is 2.34. The number of hydrogen-bond donors (Lipinski definition) is 0. The molecule has 46 valence electrons. The first-order valence-corrected chi connectivity index (χ1v) is 2.93. The van der Waals surface area contributed by atoms with Crippen molar-refractivity contribution in [1.82, 2.24) is 0 Å². The molecule has 0 spiro atoms. The molecule has 0 aromatic rings. The van der Waals surface area contributed by atoms with Crippen LogP contribution in [0.25, 0.3) is 0 Å². The van der Waals surface area contributed by atoms with Gasteiger partial charge in [-0.3, -0.25) is 0 Å². The van der Waals surface area contributed by atoms with Crippen LogP contribution in [0.1, 0.15) is 33.6 Å². The van der Waals surface area contributed by atoms with E-state index < -0.39 is 0 Å². The predicted molar refractivity (Wildman–Crippen MR) is 34.3 cm³/mol. The number of nitriles is 1. The first kappa shape index (κ1) is 7.49. The van der Waals surface area contributed by atoms with Gasteiger partial charge in [-0.1, -0.05) is 20.8 Å². The van der Waals surface area contributed by atoms with Crippen LogP contribution in [0.5, 0.6) is 0 Å². The second kappa shape index (κ2) is 2.71. The fraction of sp³-hybridized carbons (Fsp3) is 0.857. The maximum absolute atomic E-state index is 8.18. The minimum atomic E-state index is 0.329. The SMILES string of the molecule is CC(C)(C)CCC#N. The molecule has 0 aliphatic rings. The van der Waals surface area contributed by atoms with Crippen molar-refractivity contribution in [2.75, 3.05) is 0 Å². The van der Waals surface area contributed by atoms with Crippen molar-refractivity contribution >= 4 is 0 Å². The van der Waals surface area contributed by atoms with E-state index in [0.717, 1.165) is 6.42 Å². The van der Waals surface area contributed by atoms with Crippen LogP contribution in [-0.4, -0.2) is 0 Å². The normalized spacial score (nSPS) is 10.8. The van der Waals surface area contributed by atoms with E-state index in [1.54, 1.807) is 0 Å². The van der Waals surface area contributed by atoms with Gasteiger partial charge in [0.1, 0.15) is 0 Å². The highest BCUT2D eigenvalue weighted by Crippen LogP contribution is 2.19. The molecule has 0 saturated carbocycles. The standard InChI is InChI=1S/C7H13N/c1-7(2,3)5-4-6-8/h4-5H2,1-3H3. The third-order valence-corrected chi connectivity index (χ3v) is 0.987. The molecule has 0 heterocycles. The van der Waals surface area contributed by atoms with Gasteiger partial charge in [0, 0.05) is 6.42 Å². The molecule has 0 fully saturated rings. The second-order valence-electron chi connectivity index (χ2n) is 3.22. The van der Waals surface area contributed by atoms with Crippen molar-refractivity contribution in [3.05, 3.63) is 0 Å². The average Bonchev–Trinajstić information content (AvgIpc) is 1.59. The molecule has 0 atom stereocenters. The largest absolute Gasteiger partial charge is 0.198 e. The maximum atomic E-state index is 8.18. The van der Waals surface area contributed by atoms with Crippen molar-refractivity contribution in [2.24, 2.45) is 5.41 Å². The van der Waals surface area contributed by atoms with Crippen molar-refractivity contribution in [3.63, 3.8) is 0 Å². The molecule has 0 aliphatic heterocycles. The van der Waals surface area contributed by atoms with Gasteiger partial charge in [0.15, 0.2) is 0 Å². The molecule has 0 amide bonds. The molecule has 0 rings (SSSR count). The van der Waals surface area contributed by atoms with Crippen LogP contribution in [0.4, 0.5) is 0 Å². The van der Waals surface area contributed by atoms with Gasteiger partial charge in [0.05, 0.1) is 6.07 Å². The Bertz CT molecular complexity index is 91.9. The number of rotatable bonds is 1. The number of hydrogen-bond acceptors (Lipinski definition) is 1. The van der Waals surface area contributed by atoms with E-state index in [0.29, 0.717) is 11.8 Å². The van der Waals surface area contributed by atoms with Crippen LogP contribution < -0.4 is 0 Å². The molecule has 0 aromatic heterocycles. The highest BCUT2D eigenvalue weighted by atomic mass is 14.2. The smallest absolute Gasteiger partial charge is 0.0621 e. The van der Waals surface area contributed by atoms with E-state index in [4.69, 9.17) is 5.26 Å². The lowest BCUT2D eigenvalue weighted by molar-refractivity contribution is 0.383. The average molecular weight is 111 g/mol. The topological polar surface area (TPSA) is 23.8 Å². The Morgan fingerprint density at radius 1 is 1.38 bits per heavy atom. The minimum absolute atomic E-state index is 0.329. The van der Waals surface area contributed by atoms with Gasteiger partial charge in [-0.15, -0.1) is 0 Å². The molecule has 0 unspecified atom stereocenters. The van der Waals surface area contributed by atoms with Gasteiger partial charge in [-0.2, -0.15) is 5.26 Å². The Hall–Kier alpha value is -0.510. The summed E-state index contributed by atoms with van der Waals surface area (Å²) >= 11 is 0. The van der Waals surface area contributed by atoms with Crippen molar-refractivity contribution in [1.29, 1.82) is 5.26 Å². The maximum Gasteiger partial charge on any atom is 0.0621 e. The third kappa shape index (κ3) is 5.49. The second-order valence-corrected chi connectivity index (χ2v) is 3.22. The van der Waals surface area contributed by atoms with Gasteiger partial charge in [0.2, 0.25) is 0 Å². The monoisotopic (exact) mass is 111 g/mol. The lowest BCUT2D eigenvalue weighted by Crippen LogP contribution is -2.02. The van der Waals surface area contributed by atoms with E-state index in [9.17, 15) is 0 Å². The molecular weight excluding hydrogens is 98.1 g/mol. The molecule has 0 bridgehead atoms.